The minimum atomic E-state index is -0.485. The van der Waals surface area contributed by atoms with Crippen molar-refractivity contribution in [3.63, 3.8) is 0 Å². The molecule has 0 unspecified atom stereocenters. The summed E-state index contributed by atoms with van der Waals surface area (Å²) in [4.78, 5) is 16.1. The van der Waals surface area contributed by atoms with Crippen molar-refractivity contribution in [2.75, 3.05) is 0 Å². The van der Waals surface area contributed by atoms with Gasteiger partial charge in [-0.2, -0.15) is 0 Å². The number of hydrogen-bond donors (Lipinski definition) is 0. The van der Waals surface area contributed by atoms with Gasteiger partial charge in [-0.15, -0.1) is 0 Å². The summed E-state index contributed by atoms with van der Waals surface area (Å²) in [6.07, 6.45) is 1.69. The van der Waals surface area contributed by atoms with Crippen LogP contribution in [-0.4, -0.2) is 11.9 Å². The molecule has 0 saturated carbocycles. The van der Waals surface area contributed by atoms with E-state index in [2.05, 4.69) is 4.99 Å². The highest BCUT2D eigenvalue weighted by Crippen LogP contribution is 2.25. The Morgan fingerprint density at radius 3 is 2.45 bits per heavy atom. The first-order valence-corrected chi connectivity index (χ1v) is 7.33. The van der Waals surface area contributed by atoms with Gasteiger partial charge >= 0.3 is 5.97 Å². The number of rotatable bonds is 2. The minimum absolute atomic E-state index is 0.224. The second-order valence-electron chi connectivity index (χ2n) is 4.88. The normalized spacial score (nSPS) is 15.9. The van der Waals surface area contributed by atoms with Gasteiger partial charge in [0.2, 0.25) is 5.90 Å². The maximum absolute atomic E-state index is 11.9. The molecule has 5 heteroatoms. The average molecular weight is 332 g/mol. The van der Waals surface area contributed by atoms with Crippen molar-refractivity contribution in [3.8, 4) is 0 Å². The molecule has 22 heavy (non-hydrogen) atoms. The topological polar surface area (TPSA) is 38.7 Å². The lowest BCUT2D eigenvalue weighted by Gasteiger charge is -2.01. The van der Waals surface area contributed by atoms with E-state index in [1.165, 1.54) is 0 Å². The van der Waals surface area contributed by atoms with E-state index in [9.17, 15) is 4.79 Å². The van der Waals surface area contributed by atoms with Gasteiger partial charge in [0.25, 0.3) is 0 Å². The molecule has 3 nitrogen and oxygen atoms in total. The molecule has 1 heterocycles. The van der Waals surface area contributed by atoms with Crippen LogP contribution in [0.2, 0.25) is 10.0 Å². The van der Waals surface area contributed by atoms with E-state index in [-0.39, 0.29) is 11.6 Å². The number of hydrogen-bond acceptors (Lipinski definition) is 3. The van der Waals surface area contributed by atoms with E-state index < -0.39 is 5.97 Å². The van der Waals surface area contributed by atoms with Crippen molar-refractivity contribution in [3.05, 3.63) is 74.9 Å². The number of esters is 1. The molecule has 0 aliphatic carbocycles. The summed E-state index contributed by atoms with van der Waals surface area (Å²) in [5, 5.41) is 0.819. The van der Waals surface area contributed by atoms with Crippen LogP contribution in [0.1, 0.15) is 16.7 Å². The lowest BCUT2D eigenvalue weighted by Crippen LogP contribution is -2.05. The van der Waals surface area contributed by atoms with Gasteiger partial charge in [0.05, 0.1) is 10.0 Å². The molecular formula is C17H11Cl2NO2. The number of ether oxygens (including phenoxy) is 1. The number of nitrogens with zero attached hydrogens (tertiary/aromatic N) is 1. The van der Waals surface area contributed by atoms with E-state index in [4.69, 9.17) is 27.9 Å². The predicted octanol–water partition coefficient (Wildman–Crippen LogP) is 4.65. The van der Waals surface area contributed by atoms with Crippen LogP contribution in [0.3, 0.4) is 0 Å². The quantitative estimate of drug-likeness (QED) is 0.593. The van der Waals surface area contributed by atoms with Crippen molar-refractivity contribution < 1.29 is 9.53 Å². The van der Waals surface area contributed by atoms with Crippen molar-refractivity contribution in [2.45, 2.75) is 6.92 Å². The summed E-state index contributed by atoms with van der Waals surface area (Å²) in [7, 11) is 0. The Kier molecular flexibility index (Phi) is 4.01. The van der Waals surface area contributed by atoms with Gasteiger partial charge in [0, 0.05) is 5.56 Å². The third-order valence-electron chi connectivity index (χ3n) is 3.17. The maximum Gasteiger partial charge on any atom is 0.363 e. The second-order valence-corrected chi connectivity index (χ2v) is 5.69. The highest BCUT2D eigenvalue weighted by Gasteiger charge is 2.24. The Hall–Kier alpha value is -2.10. The van der Waals surface area contributed by atoms with Crippen LogP contribution in [0, 0.1) is 6.92 Å². The van der Waals surface area contributed by atoms with Crippen LogP contribution < -0.4 is 0 Å². The zero-order chi connectivity index (χ0) is 15.7. The standard InChI is InChI=1S/C17H11Cl2NO2/c1-10-2-4-11(5-3-10)8-15-17(21)22-16(20-15)12-6-7-13(18)14(19)9-12/h2-9H,1H3/b15-8+. The van der Waals surface area contributed by atoms with Crippen LogP contribution in [0.4, 0.5) is 0 Å². The Morgan fingerprint density at radius 1 is 1.05 bits per heavy atom. The van der Waals surface area contributed by atoms with Crippen molar-refractivity contribution in [1.29, 1.82) is 0 Å². The Bertz CT molecular complexity index is 808. The van der Waals surface area contributed by atoms with Gasteiger partial charge in [0.1, 0.15) is 0 Å². The SMILES string of the molecule is Cc1ccc(/C=C2/N=C(c3ccc(Cl)c(Cl)c3)OC2=O)cc1. The van der Waals surface area contributed by atoms with Crippen molar-refractivity contribution >= 4 is 41.1 Å². The third-order valence-corrected chi connectivity index (χ3v) is 3.91. The second kappa shape index (κ2) is 5.95. The van der Waals surface area contributed by atoms with Crippen LogP contribution in [-0.2, 0) is 9.53 Å². The molecule has 0 fully saturated rings. The first-order chi connectivity index (χ1) is 10.5. The molecule has 3 rings (SSSR count). The molecule has 0 spiro atoms. The summed E-state index contributed by atoms with van der Waals surface area (Å²) in [6.45, 7) is 2.00. The Balaban J connectivity index is 1.94. The molecule has 0 aromatic heterocycles. The van der Waals surface area contributed by atoms with Crippen molar-refractivity contribution in [2.24, 2.45) is 4.99 Å². The highest BCUT2D eigenvalue weighted by molar-refractivity contribution is 6.42. The van der Waals surface area contributed by atoms with E-state index in [0.29, 0.717) is 15.6 Å². The summed E-state index contributed by atoms with van der Waals surface area (Å²) < 4.78 is 5.19. The molecule has 2 aromatic carbocycles. The summed E-state index contributed by atoms with van der Waals surface area (Å²) >= 11 is 11.8. The fourth-order valence-electron chi connectivity index (χ4n) is 1.98. The molecule has 2 aromatic rings. The lowest BCUT2D eigenvalue weighted by atomic mass is 10.1. The molecule has 0 N–H and O–H groups in total. The zero-order valence-electron chi connectivity index (χ0n) is 11.6. The van der Waals surface area contributed by atoms with E-state index in [0.717, 1.165) is 11.1 Å². The molecule has 0 amide bonds. The molecule has 0 radical (unpaired) electrons. The average Bonchev–Trinajstić information content (AvgIpc) is 2.85. The Labute approximate surface area is 137 Å². The first-order valence-electron chi connectivity index (χ1n) is 6.57. The van der Waals surface area contributed by atoms with Crippen molar-refractivity contribution in [1.82, 2.24) is 0 Å². The monoisotopic (exact) mass is 331 g/mol. The summed E-state index contributed by atoms with van der Waals surface area (Å²) in [5.74, 6) is -0.261. The van der Waals surface area contributed by atoms with Gasteiger partial charge in [-0.3, -0.25) is 0 Å². The largest absolute Gasteiger partial charge is 0.402 e. The van der Waals surface area contributed by atoms with Gasteiger partial charge in [0.15, 0.2) is 5.70 Å². The molecule has 110 valence electrons. The molecular weight excluding hydrogens is 321 g/mol. The van der Waals surface area contributed by atoms with Gasteiger partial charge in [-0.05, 0) is 36.8 Å². The minimum Gasteiger partial charge on any atom is -0.402 e. The molecule has 0 bridgehead atoms. The molecule has 0 atom stereocenters. The number of aryl methyl sites for hydroxylation is 1. The van der Waals surface area contributed by atoms with Gasteiger partial charge < -0.3 is 4.74 Å². The van der Waals surface area contributed by atoms with Gasteiger partial charge in [-0.25, -0.2) is 9.79 Å². The third kappa shape index (κ3) is 3.06. The summed E-state index contributed by atoms with van der Waals surface area (Å²) in [5.41, 5.74) is 2.90. The van der Waals surface area contributed by atoms with E-state index in [1.54, 1.807) is 24.3 Å². The van der Waals surface area contributed by atoms with Crippen LogP contribution in [0.15, 0.2) is 53.2 Å². The smallest absolute Gasteiger partial charge is 0.363 e. The highest BCUT2D eigenvalue weighted by atomic mass is 35.5. The maximum atomic E-state index is 11.9. The van der Waals surface area contributed by atoms with E-state index in [1.807, 2.05) is 31.2 Å². The molecule has 0 saturated heterocycles. The first kappa shape index (κ1) is 14.8. The number of carbonyl (C=O) groups excluding carboxylic acids is 1. The number of benzene rings is 2. The lowest BCUT2D eigenvalue weighted by molar-refractivity contribution is -0.129. The number of cyclic esters (lactones) is 1. The predicted molar refractivity (Wildman–Crippen MR) is 88.2 cm³/mol. The van der Waals surface area contributed by atoms with E-state index >= 15 is 0 Å². The van der Waals surface area contributed by atoms with Crippen LogP contribution in [0.25, 0.3) is 6.08 Å². The summed E-state index contributed by atoms with van der Waals surface area (Å²) in [6, 6.07) is 12.7. The fraction of sp³-hybridized carbons (Fsp3) is 0.0588. The van der Waals surface area contributed by atoms with Crippen LogP contribution >= 0.6 is 23.2 Å². The number of halogens is 2. The number of aliphatic imine (C=N–C) groups is 1. The molecule has 1 aliphatic heterocycles. The zero-order valence-corrected chi connectivity index (χ0v) is 13.2. The fourth-order valence-corrected chi connectivity index (χ4v) is 2.28. The van der Waals surface area contributed by atoms with Gasteiger partial charge in [-0.1, -0.05) is 53.0 Å². The Morgan fingerprint density at radius 2 is 1.77 bits per heavy atom. The number of carbonyl (C=O) groups is 1. The molecule has 1 aliphatic rings. The van der Waals surface area contributed by atoms with Crippen LogP contribution in [0.5, 0.6) is 0 Å².